The van der Waals surface area contributed by atoms with E-state index in [0.717, 1.165) is 4.47 Å². The molecular formula is C13H14BrF3N2O. The Morgan fingerprint density at radius 1 is 1.45 bits per heavy atom. The summed E-state index contributed by atoms with van der Waals surface area (Å²) in [5.41, 5.74) is 0.693. The summed E-state index contributed by atoms with van der Waals surface area (Å²) in [5, 5.41) is 0. The lowest BCUT2D eigenvalue weighted by molar-refractivity contribution is -0.187. The molecule has 1 aliphatic rings. The molecule has 1 atom stereocenters. The van der Waals surface area contributed by atoms with Gasteiger partial charge < -0.3 is 4.90 Å². The molecule has 2 heterocycles. The van der Waals surface area contributed by atoms with Gasteiger partial charge >= 0.3 is 6.18 Å². The second-order valence-corrected chi connectivity index (χ2v) is 5.82. The van der Waals surface area contributed by atoms with Crippen LogP contribution in [0, 0.1) is 5.92 Å². The SMILES string of the molecule is O=C(Cc1cncc(Br)c1)N1CCCC(C(F)(F)F)C1. The van der Waals surface area contributed by atoms with Gasteiger partial charge in [0, 0.05) is 30.0 Å². The third kappa shape index (κ3) is 3.94. The predicted octanol–water partition coefficient (Wildman–Crippen LogP) is 3.19. The molecule has 0 radical (unpaired) electrons. The topological polar surface area (TPSA) is 33.2 Å². The largest absolute Gasteiger partial charge is 0.393 e. The van der Waals surface area contributed by atoms with Crippen LogP contribution in [-0.2, 0) is 11.2 Å². The van der Waals surface area contributed by atoms with Crippen LogP contribution in [0.15, 0.2) is 22.9 Å². The van der Waals surface area contributed by atoms with Gasteiger partial charge in [0.15, 0.2) is 0 Å². The highest BCUT2D eigenvalue weighted by Gasteiger charge is 2.42. The Morgan fingerprint density at radius 3 is 2.85 bits per heavy atom. The van der Waals surface area contributed by atoms with E-state index in [9.17, 15) is 18.0 Å². The van der Waals surface area contributed by atoms with Gasteiger partial charge in [-0.2, -0.15) is 13.2 Å². The quantitative estimate of drug-likeness (QED) is 0.820. The third-order valence-electron chi connectivity index (χ3n) is 3.35. The Bertz CT molecular complexity index is 493. The molecule has 7 heteroatoms. The van der Waals surface area contributed by atoms with E-state index in [1.807, 2.05) is 0 Å². The molecule has 2 rings (SSSR count). The van der Waals surface area contributed by atoms with E-state index in [-0.39, 0.29) is 25.3 Å². The number of nitrogens with zero attached hydrogens (tertiary/aromatic N) is 2. The van der Waals surface area contributed by atoms with Crippen molar-refractivity contribution < 1.29 is 18.0 Å². The zero-order chi connectivity index (χ0) is 14.8. The van der Waals surface area contributed by atoms with Gasteiger partial charge in [0.2, 0.25) is 5.91 Å². The van der Waals surface area contributed by atoms with E-state index in [0.29, 0.717) is 18.5 Å². The fourth-order valence-corrected chi connectivity index (χ4v) is 2.72. The summed E-state index contributed by atoms with van der Waals surface area (Å²) in [6.45, 7) is 0.163. The van der Waals surface area contributed by atoms with Gasteiger partial charge in [-0.3, -0.25) is 9.78 Å². The average molecular weight is 351 g/mol. The van der Waals surface area contributed by atoms with Crippen molar-refractivity contribution in [1.29, 1.82) is 0 Å². The minimum Gasteiger partial charge on any atom is -0.342 e. The molecule has 0 N–H and O–H groups in total. The first-order valence-electron chi connectivity index (χ1n) is 6.30. The van der Waals surface area contributed by atoms with Gasteiger partial charge in [0.1, 0.15) is 0 Å². The molecule has 1 fully saturated rings. The van der Waals surface area contributed by atoms with Crippen molar-refractivity contribution in [3.63, 3.8) is 0 Å². The molecule has 0 saturated carbocycles. The fourth-order valence-electron chi connectivity index (χ4n) is 2.31. The smallest absolute Gasteiger partial charge is 0.342 e. The number of rotatable bonds is 2. The summed E-state index contributed by atoms with van der Waals surface area (Å²) in [6.07, 6.45) is -0.506. The second kappa shape index (κ2) is 6.11. The minimum atomic E-state index is -4.23. The normalized spacial score (nSPS) is 20.0. The van der Waals surface area contributed by atoms with Crippen molar-refractivity contribution in [2.75, 3.05) is 13.1 Å². The molecule has 110 valence electrons. The first-order valence-corrected chi connectivity index (χ1v) is 7.09. The molecular weight excluding hydrogens is 337 g/mol. The summed E-state index contributed by atoms with van der Waals surface area (Å²) < 4.78 is 38.9. The molecule has 1 amide bonds. The first-order chi connectivity index (χ1) is 9.36. The number of carbonyl (C=O) groups excluding carboxylic acids is 1. The zero-order valence-electron chi connectivity index (χ0n) is 10.7. The van der Waals surface area contributed by atoms with Crippen molar-refractivity contribution in [1.82, 2.24) is 9.88 Å². The number of halogens is 4. The molecule has 1 aromatic rings. The molecule has 1 aromatic heterocycles. The fraction of sp³-hybridized carbons (Fsp3) is 0.538. The second-order valence-electron chi connectivity index (χ2n) is 4.91. The lowest BCUT2D eigenvalue weighted by Crippen LogP contribution is -2.45. The highest BCUT2D eigenvalue weighted by molar-refractivity contribution is 9.10. The number of amides is 1. The monoisotopic (exact) mass is 350 g/mol. The Morgan fingerprint density at radius 2 is 2.20 bits per heavy atom. The van der Waals surface area contributed by atoms with E-state index >= 15 is 0 Å². The van der Waals surface area contributed by atoms with Crippen LogP contribution in [0.1, 0.15) is 18.4 Å². The highest BCUT2D eigenvalue weighted by Crippen LogP contribution is 2.33. The van der Waals surface area contributed by atoms with Gasteiger partial charge in [-0.1, -0.05) is 0 Å². The maximum absolute atomic E-state index is 12.7. The number of alkyl halides is 3. The van der Waals surface area contributed by atoms with Crippen molar-refractivity contribution in [3.8, 4) is 0 Å². The molecule has 0 aliphatic carbocycles. The lowest BCUT2D eigenvalue weighted by Gasteiger charge is -2.33. The number of carbonyl (C=O) groups is 1. The zero-order valence-corrected chi connectivity index (χ0v) is 12.2. The average Bonchev–Trinajstić information content (AvgIpc) is 2.38. The summed E-state index contributed by atoms with van der Waals surface area (Å²) in [6, 6.07) is 1.75. The Balaban J connectivity index is 1.99. The van der Waals surface area contributed by atoms with Gasteiger partial charge in [-0.25, -0.2) is 0 Å². The highest BCUT2D eigenvalue weighted by atomic mass is 79.9. The number of hydrogen-bond acceptors (Lipinski definition) is 2. The van der Waals surface area contributed by atoms with Crippen LogP contribution >= 0.6 is 15.9 Å². The van der Waals surface area contributed by atoms with Gasteiger partial charge in [0.25, 0.3) is 0 Å². The maximum atomic E-state index is 12.7. The van der Waals surface area contributed by atoms with E-state index in [2.05, 4.69) is 20.9 Å². The summed E-state index contributed by atoms with van der Waals surface area (Å²) >= 11 is 3.25. The Hall–Kier alpha value is -1.11. The van der Waals surface area contributed by atoms with Crippen LogP contribution in [-0.4, -0.2) is 35.1 Å². The van der Waals surface area contributed by atoms with Crippen molar-refractivity contribution >= 4 is 21.8 Å². The van der Waals surface area contributed by atoms with Crippen molar-refractivity contribution in [3.05, 3.63) is 28.5 Å². The molecule has 0 aromatic carbocycles. The molecule has 1 aliphatic heterocycles. The van der Waals surface area contributed by atoms with Gasteiger partial charge in [-0.15, -0.1) is 0 Å². The Kier molecular flexibility index (Phi) is 4.67. The maximum Gasteiger partial charge on any atom is 0.393 e. The van der Waals surface area contributed by atoms with Crippen LogP contribution in [0.3, 0.4) is 0 Å². The molecule has 20 heavy (non-hydrogen) atoms. The number of aromatic nitrogens is 1. The number of hydrogen-bond donors (Lipinski definition) is 0. The molecule has 0 bridgehead atoms. The first kappa shape index (κ1) is 15.3. The third-order valence-corrected chi connectivity index (χ3v) is 3.79. The number of piperidine rings is 1. The van der Waals surface area contributed by atoms with E-state index in [1.165, 1.54) is 4.90 Å². The molecule has 1 saturated heterocycles. The predicted molar refractivity (Wildman–Crippen MR) is 71.0 cm³/mol. The van der Waals surface area contributed by atoms with Crippen LogP contribution in [0.25, 0.3) is 0 Å². The summed E-state index contributed by atoms with van der Waals surface area (Å²) in [5.74, 6) is -1.68. The van der Waals surface area contributed by atoms with Gasteiger partial charge in [-0.05, 0) is 40.4 Å². The van der Waals surface area contributed by atoms with E-state index in [1.54, 1.807) is 18.5 Å². The summed E-state index contributed by atoms with van der Waals surface area (Å²) in [4.78, 5) is 17.3. The molecule has 0 spiro atoms. The molecule has 3 nitrogen and oxygen atoms in total. The van der Waals surface area contributed by atoms with Crippen molar-refractivity contribution in [2.24, 2.45) is 5.92 Å². The van der Waals surface area contributed by atoms with Gasteiger partial charge in [0.05, 0.1) is 12.3 Å². The lowest BCUT2D eigenvalue weighted by atomic mass is 9.97. The number of pyridine rings is 1. The van der Waals surface area contributed by atoms with Crippen LogP contribution < -0.4 is 0 Å². The van der Waals surface area contributed by atoms with E-state index < -0.39 is 12.1 Å². The molecule has 1 unspecified atom stereocenters. The standard InChI is InChI=1S/C13H14BrF3N2O/c14-11-4-9(6-18-7-11)5-12(20)19-3-1-2-10(8-19)13(15,16)17/h4,6-7,10H,1-3,5,8H2. The van der Waals surface area contributed by atoms with Crippen LogP contribution in [0.4, 0.5) is 13.2 Å². The van der Waals surface area contributed by atoms with Crippen LogP contribution in [0.2, 0.25) is 0 Å². The van der Waals surface area contributed by atoms with Crippen LogP contribution in [0.5, 0.6) is 0 Å². The summed E-state index contributed by atoms with van der Waals surface area (Å²) in [7, 11) is 0. The Labute approximate surface area is 123 Å². The minimum absolute atomic E-state index is 0.0804. The number of likely N-dealkylation sites (tertiary alicyclic amines) is 1. The van der Waals surface area contributed by atoms with E-state index in [4.69, 9.17) is 0 Å². The van der Waals surface area contributed by atoms with Crippen molar-refractivity contribution in [2.45, 2.75) is 25.4 Å².